The highest BCUT2D eigenvalue weighted by Gasteiger charge is 2.58. The number of allylic oxidation sites excluding steroid dienone is 4. The molecule has 3 N–H and O–H groups in total. The van der Waals surface area contributed by atoms with Crippen molar-refractivity contribution in [3.63, 3.8) is 0 Å². The molecule has 3 aliphatic carbocycles. The van der Waals surface area contributed by atoms with Crippen molar-refractivity contribution in [3.8, 4) is 11.8 Å². The summed E-state index contributed by atoms with van der Waals surface area (Å²) in [6.07, 6.45) is 6.98. The number of methoxy groups -OCH3 is 1. The maximum Gasteiger partial charge on any atom is 0.132 e. The molecule has 166 valence electrons. The average molecular weight is 415 g/mol. The predicted octanol–water partition coefficient (Wildman–Crippen LogP) is 5.45. The van der Waals surface area contributed by atoms with Gasteiger partial charge in [-0.25, -0.2) is 4.39 Å². The number of halogens is 1. The fourth-order valence-corrected chi connectivity index (χ4v) is 6.21. The number of fused-ring (bicyclic) bond motifs is 1. The summed E-state index contributed by atoms with van der Waals surface area (Å²) < 4.78 is 19.6. The van der Waals surface area contributed by atoms with Crippen molar-refractivity contribution in [2.75, 3.05) is 7.11 Å². The molecule has 0 aliphatic heterocycles. The molecule has 30 heavy (non-hydrogen) atoms. The van der Waals surface area contributed by atoms with Gasteiger partial charge in [-0.05, 0) is 93.1 Å². The SMILES string of the molecule is CCC1=C(C)C(F)CCC1C1[C@@H]2[C@H](C)CCC/C(=C/C(=N)C#C[C@H](OC)[C@H](C)N)[C@@H]12. The molecular weight excluding hydrogens is 375 g/mol. The summed E-state index contributed by atoms with van der Waals surface area (Å²) in [7, 11) is 1.60. The molecule has 8 atom stereocenters. The normalized spacial score (nSPS) is 37.0. The van der Waals surface area contributed by atoms with Crippen LogP contribution in [0.4, 0.5) is 4.39 Å². The molecule has 0 aromatic rings. The molecule has 2 saturated carbocycles. The summed E-state index contributed by atoms with van der Waals surface area (Å²) in [5, 5.41) is 8.40. The van der Waals surface area contributed by atoms with Crippen molar-refractivity contribution >= 4 is 5.71 Å². The van der Waals surface area contributed by atoms with Crippen LogP contribution in [0.25, 0.3) is 0 Å². The van der Waals surface area contributed by atoms with Crippen LogP contribution in [0.15, 0.2) is 22.8 Å². The minimum absolute atomic E-state index is 0.188. The zero-order chi connectivity index (χ0) is 22.0. The first-order valence-electron chi connectivity index (χ1n) is 11.7. The lowest BCUT2D eigenvalue weighted by atomic mass is 9.76. The topological polar surface area (TPSA) is 59.1 Å². The third-order valence-corrected chi connectivity index (χ3v) is 7.75. The van der Waals surface area contributed by atoms with E-state index in [2.05, 4.69) is 25.7 Å². The van der Waals surface area contributed by atoms with Crippen LogP contribution in [0.5, 0.6) is 0 Å². The van der Waals surface area contributed by atoms with Crippen molar-refractivity contribution in [3.05, 3.63) is 22.8 Å². The van der Waals surface area contributed by atoms with Crippen LogP contribution < -0.4 is 5.73 Å². The van der Waals surface area contributed by atoms with Crippen molar-refractivity contribution < 1.29 is 9.13 Å². The van der Waals surface area contributed by atoms with Gasteiger partial charge in [-0.2, -0.15) is 0 Å². The van der Waals surface area contributed by atoms with Gasteiger partial charge < -0.3 is 10.5 Å². The van der Waals surface area contributed by atoms with Crippen LogP contribution in [0, 0.1) is 46.8 Å². The van der Waals surface area contributed by atoms with Crippen LogP contribution in [-0.4, -0.2) is 31.1 Å². The second-order valence-corrected chi connectivity index (χ2v) is 9.68. The summed E-state index contributed by atoms with van der Waals surface area (Å²) >= 11 is 0. The summed E-state index contributed by atoms with van der Waals surface area (Å²) in [6.45, 7) is 8.44. The van der Waals surface area contributed by atoms with Crippen LogP contribution in [0.3, 0.4) is 0 Å². The van der Waals surface area contributed by atoms with Crippen LogP contribution in [0.1, 0.15) is 66.2 Å². The number of alkyl halides is 1. The Labute approximate surface area is 182 Å². The molecule has 3 aliphatic rings. The average Bonchev–Trinajstić information content (AvgIpc) is 3.46. The van der Waals surface area contributed by atoms with E-state index in [-0.39, 0.29) is 12.1 Å². The van der Waals surface area contributed by atoms with Crippen molar-refractivity contribution in [1.29, 1.82) is 5.41 Å². The smallest absolute Gasteiger partial charge is 0.132 e. The number of rotatable bonds is 5. The Bertz CT molecular complexity index is 772. The standard InChI is InChI=1S/C26H39FN2O/c1-6-20-16(3)22(27)12-11-21(20)26-24-15(2)8-7-9-18(25(24)26)14-19(29)10-13-23(30-5)17(4)28/h14-15,17,21-26,29H,6-9,11-12,28H2,1-5H3/b18-14-,29-19?/t15-,17+,21?,22?,23+,24-,25-,26?/m1/s1. The highest BCUT2D eigenvalue weighted by atomic mass is 19.1. The predicted molar refractivity (Wildman–Crippen MR) is 122 cm³/mol. The molecule has 2 fully saturated rings. The third-order valence-electron chi connectivity index (χ3n) is 7.75. The first-order chi connectivity index (χ1) is 14.3. The summed E-state index contributed by atoms with van der Waals surface area (Å²) in [5.41, 5.74) is 9.98. The molecule has 0 heterocycles. The second-order valence-electron chi connectivity index (χ2n) is 9.68. The van der Waals surface area contributed by atoms with Gasteiger partial charge in [-0.15, -0.1) is 0 Å². The Hall–Kier alpha value is -1.44. The summed E-state index contributed by atoms with van der Waals surface area (Å²) in [5.74, 6) is 8.98. The van der Waals surface area contributed by atoms with Gasteiger partial charge in [0.25, 0.3) is 0 Å². The first-order valence-corrected chi connectivity index (χ1v) is 11.7. The van der Waals surface area contributed by atoms with Crippen LogP contribution in [0.2, 0.25) is 0 Å². The quantitative estimate of drug-likeness (QED) is 0.357. The van der Waals surface area contributed by atoms with Gasteiger partial charge in [0.15, 0.2) is 0 Å². The van der Waals surface area contributed by atoms with E-state index < -0.39 is 6.17 Å². The van der Waals surface area contributed by atoms with E-state index >= 15 is 0 Å². The Kier molecular flexibility index (Phi) is 7.58. The van der Waals surface area contributed by atoms with Gasteiger partial charge in [0.05, 0.1) is 0 Å². The van der Waals surface area contributed by atoms with Crippen molar-refractivity contribution in [2.24, 2.45) is 35.3 Å². The largest absolute Gasteiger partial charge is 0.367 e. The van der Waals surface area contributed by atoms with E-state index in [4.69, 9.17) is 15.9 Å². The van der Waals surface area contributed by atoms with Gasteiger partial charge in [0.1, 0.15) is 18.0 Å². The molecule has 4 heteroatoms. The van der Waals surface area contributed by atoms with Gasteiger partial charge >= 0.3 is 0 Å². The molecule has 0 spiro atoms. The zero-order valence-corrected chi connectivity index (χ0v) is 19.3. The van der Waals surface area contributed by atoms with Crippen LogP contribution in [-0.2, 0) is 4.74 Å². The number of nitrogens with one attached hydrogen (secondary N) is 1. The molecule has 0 saturated heterocycles. The van der Waals surface area contributed by atoms with Crippen molar-refractivity contribution in [1.82, 2.24) is 0 Å². The lowest BCUT2D eigenvalue weighted by molar-refractivity contribution is 0.131. The molecule has 0 radical (unpaired) electrons. The van der Waals surface area contributed by atoms with Gasteiger partial charge in [-0.1, -0.05) is 37.3 Å². The molecule has 3 rings (SSSR count). The van der Waals surface area contributed by atoms with E-state index in [1.807, 2.05) is 19.9 Å². The van der Waals surface area contributed by atoms with E-state index in [0.717, 1.165) is 24.8 Å². The van der Waals surface area contributed by atoms with E-state index in [1.54, 1.807) is 7.11 Å². The summed E-state index contributed by atoms with van der Waals surface area (Å²) in [6, 6.07) is -0.188. The molecular formula is C26H39FN2O. The Morgan fingerprint density at radius 3 is 2.70 bits per heavy atom. The monoisotopic (exact) mass is 414 g/mol. The van der Waals surface area contributed by atoms with Gasteiger partial charge in [0.2, 0.25) is 0 Å². The fraction of sp³-hybridized carbons (Fsp3) is 0.731. The molecule has 0 aromatic carbocycles. The number of hydrogen-bond acceptors (Lipinski definition) is 3. The Balaban J connectivity index is 1.83. The minimum atomic E-state index is -0.755. The Morgan fingerprint density at radius 1 is 1.33 bits per heavy atom. The Morgan fingerprint density at radius 2 is 2.07 bits per heavy atom. The zero-order valence-electron chi connectivity index (χ0n) is 19.3. The number of nitrogens with two attached hydrogens (primary N) is 1. The minimum Gasteiger partial charge on any atom is -0.367 e. The lowest BCUT2D eigenvalue weighted by Crippen LogP contribution is -2.31. The molecule has 3 nitrogen and oxygen atoms in total. The lowest BCUT2D eigenvalue weighted by Gasteiger charge is -2.31. The van der Waals surface area contributed by atoms with Crippen molar-refractivity contribution in [2.45, 2.75) is 84.5 Å². The maximum absolute atomic E-state index is 14.3. The van der Waals surface area contributed by atoms with Gasteiger partial charge in [0, 0.05) is 13.2 Å². The maximum atomic E-state index is 14.3. The van der Waals surface area contributed by atoms with E-state index in [1.165, 1.54) is 24.0 Å². The van der Waals surface area contributed by atoms with E-state index in [0.29, 0.717) is 41.7 Å². The molecule has 0 aromatic heterocycles. The highest BCUT2D eigenvalue weighted by Crippen LogP contribution is 2.64. The van der Waals surface area contributed by atoms with E-state index in [9.17, 15) is 4.39 Å². The van der Waals surface area contributed by atoms with Gasteiger partial charge in [-0.3, -0.25) is 5.41 Å². The number of ether oxygens (including phenoxy) is 1. The molecule has 0 amide bonds. The number of hydrogen-bond donors (Lipinski definition) is 2. The molecule has 3 unspecified atom stereocenters. The highest BCUT2D eigenvalue weighted by molar-refractivity contribution is 6.07. The first kappa shape index (κ1) is 23.2. The van der Waals surface area contributed by atoms with Crippen LogP contribution >= 0.6 is 0 Å². The second kappa shape index (κ2) is 9.79. The third kappa shape index (κ3) is 4.73. The summed E-state index contributed by atoms with van der Waals surface area (Å²) in [4.78, 5) is 0. The fourth-order valence-electron chi connectivity index (χ4n) is 6.21. The molecule has 0 bridgehead atoms.